The molecule has 1 aliphatic heterocycles. The molecule has 0 bridgehead atoms. The van der Waals surface area contributed by atoms with E-state index in [4.69, 9.17) is 21.1 Å². The van der Waals surface area contributed by atoms with Crippen LogP contribution in [0.1, 0.15) is 0 Å². The number of methoxy groups -OCH3 is 1. The molecule has 0 N–H and O–H groups in total. The standard InChI is InChI=1S/C10H14ClN3O2/c1-15-7-8-6-14(2-3-16-8)10-5-12-4-9(11)13-10/h4-5,8H,2-3,6-7H2,1H3. The van der Waals surface area contributed by atoms with Gasteiger partial charge in [-0.2, -0.15) is 0 Å². The molecule has 1 aromatic rings. The van der Waals surface area contributed by atoms with Gasteiger partial charge < -0.3 is 14.4 Å². The Balaban J connectivity index is 2.03. The first kappa shape index (κ1) is 11.6. The zero-order valence-corrected chi connectivity index (χ0v) is 9.85. The fraction of sp³-hybridized carbons (Fsp3) is 0.600. The Morgan fingerprint density at radius 1 is 1.62 bits per heavy atom. The number of hydrogen-bond donors (Lipinski definition) is 0. The van der Waals surface area contributed by atoms with Crippen molar-refractivity contribution in [2.24, 2.45) is 0 Å². The molecule has 88 valence electrons. The van der Waals surface area contributed by atoms with Gasteiger partial charge in [0.1, 0.15) is 11.0 Å². The summed E-state index contributed by atoms with van der Waals surface area (Å²) in [4.78, 5) is 10.3. The van der Waals surface area contributed by atoms with Gasteiger partial charge in [-0.1, -0.05) is 11.6 Å². The van der Waals surface area contributed by atoms with Crippen molar-refractivity contribution in [2.75, 3.05) is 38.3 Å². The number of anilines is 1. The minimum atomic E-state index is 0.0829. The molecule has 1 aromatic heterocycles. The van der Waals surface area contributed by atoms with Crippen molar-refractivity contribution >= 4 is 17.4 Å². The van der Waals surface area contributed by atoms with Crippen molar-refractivity contribution in [3.05, 3.63) is 17.5 Å². The topological polar surface area (TPSA) is 47.5 Å². The molecule has 0 saturated carbocycles. The molecule has 1 fully saturated rings. The second-order valence-electron chi connectivity index (χ2n) is 3.59. The third-order valence-electron chi connectivity index (χ3n) is 2.41. The molecule has 0 amide bonds. The van der Waals surface area contributed by atoms with Gasteiger partial charge in [0.2, 0.25) is 0 Å². The Morgan fingerprint density at radius 2 is 2.50 bits per heavy atom. The highest BCUT2D eigenvalue weighted by Gasteiger charge is 2.21. The Kier molecular flexibility index (Phi) is 3.93. The van der Waals surface area contributed by atoms with Gasteiger partial charge in [0, 0.05) is 20.2 Å². The zero-order chi connectivity index (χ0) is 11.4. The molecule has 1 atom stereocenters. The smallest absolute Gasteiger partial charge is 0.149 e. The highest BCUT2D eigenvalue weighted by molar-refractivity contribution is 6.29. The van der Waals surface area contributed by atoms with Crippen LogP contribution in [0.2, 0.25) is 5.15 Å². The number of aromatic nitrogens is 2. The van der Waals surface area contributed by atoms with Crippen LogP contribution in [-0.4, -0.2) is 49.5 Å². The SMILES string of the molecule is COCC1CN(c2cncc(Cl)n2)CCO1. The molecular formula is C10H14ClN3O2. The lowest BCUT2D eigenvalue weighted by Crippen LogP contribution is -2.44. The summed E-state index contributed by atoms with van der Waals surface area (Å²) in [7, 11) is 1.67. The fourth-order valence-electron chi connectivity index (χ4n) is 1.70. The lowest BCUT2D eigenvalue weighted by atomic mass is 10.3. The molecule has 1 unspecified atom stereocenters. The number of halogens is 1. The minimum absolute atomic E-state index is 0.0829. The van der Waals surface area contributed by atoms with Crippen LogP contribution in [0.5, 0.6) is 0 Å². The van der Waals surface area contributed by atoms with Crippen molar-refractivity contribution in [1.29, 1.82) is 0 Å². The van der Waals surface area contributed by atoms with Crippen molar-refractivity contribution in [3.8, 4) is 0 Å². The maximum Gasteiger partial charge on any atom is 0.149 e. The van der Waals surface area contributed by atoms with Gasteiger partial charge >= 0.3 is 0 Å². The molecular weight excluding hydrogens is 230 g/mol. The van der Waals surface area contributed by atoms with E-state index in [1.54, 1.807) is 13.3 Å². The van der Waals surface area contributed by atoms with Crippen molar-refractivity contribution in [3.63, 3.8) is 0 Å². The van der Waals surface area contributed by atoms with Gasteiger partial charge in [0.25, 0.3) is 0 Å². The van der Waals surface area contributed by atoms with E-state index in [1.165, 1.54) is 6.20 Å². The summed E-state index contributed by atoms with van der Waals surface area (Å²) in [5.74, 6) is 0.789. The average Bonchev–Trinajstić information content (AvgIpc) is 2.30. The second kappa shape index (κ2) is 5.43. The van der Waals surface area contributed by atoms with E-state index < -0.39 is 0 Å². The lowest BCUT2D eigenvalue weighted by Gasteiger charge is -2.33. The highest BCUT2D eigenvalue weighted by atomic mass is 35.5. The first-order chi connectivity index (χ1) is 7.79. The Bertz CT molecular complexity index is 349. The maximum atomic E-state index is 5.81. The number of hydrogen-bond acceptors (Lipinski definition) is 5. The van der Waals surface area contributed by atoms with E-state index in [0.29, 0.717) is 18.4 Å². The third kappa shape index (κ3) is 2.81. The summed E-state index contributed by atoms with van der Waals surface area (Å²) in [5, 5.41) is 0.410. The van der Waals surface area contributed by atoms with Gasteiger partial charge in [0.15, 0.2) is 0 Å². The first-order valence-electron chi connectivity index (χ1n) is 5.12. The van der Waals surface area contributed by atoms with Crippen molar-refractivity contribution in [1.82, 2.24) is 9.97 Å². The molecule has 2 rings (SSSR count). The van der Waals surface area contributed by atoms with E-state index in [9.17, 15) is 0 Å². The van der Waals surface area contributed by atoms with Crippen molar-refractivity contribution < 1.29 is 9.47 Å². The first-order valence-corrected chi connectivity index (χ1v) is 5.50. The maximum absolute atomic E-state index is 5.81. The Morgan fingerprint density at radius 3 is 3.25 bits per heavy atom. The molecule has 5 nitrogen and oxygen atoms in total. The van der Waals surface area contributed by atoms with Gasteiger partial charge in [-0.15, -0.1) is 0 Å². The molecule has 0 aromatic carbocycles. The van der Waals surface area contributed by atoms with E-state index in [1.807, 2.05) is 0 Å². The zero-order valence-electron chi connectivity index (χ0n) is 9.10. The summed E-state index contributed by atoms with van der Waals surface area (Å²) in [5.41, 5.74) is 0. The van der Waals surface area contributed by atoms with Crippen LogP contribution in [0.3, 0.4) is 0 Å². The van der Waals surface area contributed by atoms with Gasteiger partial charge in [0.05, 0.1) is 31.7 Å². The molecule has 2 heterocycles. The number of nitrogens with zero attached hydrogens (tertiary/aromatic N) is 3. The summed E-state index contributed by atoms with van der Waals surface area (Å²) < 4.78 is 10.6. The predicted octanol–water partition coefficient (Wildman–Crippen LogP) is 0.982. The summed E-state index contributed by atoms with van der Waals surface area (Å²) >= 11 is 5.81. The average molecular weight is 244 g/mol. The van der Waals surface area contributed by atoms with Crippen LogP contribution < -0.4 is 4.90 Å². The van der Waals surface area contributed by atoms with E-state index in [0.717, 1.165) is 18.9 Å². The quantitative estimate of drug-likeness (QED) is 0.792. The van der Waals surface area contributed by atoms with Crippen LogP contribution in [-0.2, 0) is 9.47 Å². The Labute approximate surface area is 99.3 Å². The highest BCUT2D eigenvalue weighted by Crippen LogP contribution is 2.16. The van der Waals surface area contributed by atoms with Crippen LogP contribution in [0.4, 0.5) is 5.82 Å². The normalized spacial score (nSPS) is 21.1. The number of morpholine rings is 1. The number of ether oxygens (including phenoxy) is 2. The largest absolute Gasteiger partial charge is 0.382 e. The summed E-state index contributed by atoms with van der Waals surface area (Å²) in [6.45, 7) is 2.81. The third-order valence-corrected chi connectivity index (χ3v) is 2.59. The van der Waals surface area contributed by atoms with Crippen LogP contribution in [0, 0.1) is 0 Å². The Hall–Kier alpha value is -0.910. The van der Waals surface area contributed by atoms with Crippen molar-refractivity contribution in [2.45, 2.75) is 6.10 Å². The molecule has 0 spiro atoms. The van der Waals surface area contributed by atoms with Crippen LogP contribution >= 0.6 is 11.6 Å². The van der Waals surface area contributed by atoms with Gasteiger partial charge in [-0.3, -0.25) is 4.98 Å². The molecule has 6 heteroatoms. The summed E-state index contributed by atoms with van der Waals surface area (Å²) in [6, 6.07) is 0. The number of rotatable bonds is 3. The van der Waals surface area contributed by atoms with E-state index in [2.05, 4.69) is 14.9 Å². The van der Waals surface area contributed by atoms with E-state index in [-0.39, 0.29) is 6.10 Å². The molecule has 1 aliphatic rings. The molecule has 0 radical (unpaired) electrons. The van der Waals surface area contributed by atoms with Crippen LogP contribution in [0.15, 0.2) is 12.4 Å². The predicted molar refractivity (Wildman–Crippen MR) is 60.9 cm³/mol. The molecule has 0 aliphatic carbocycles. The monoisotopic (exact) mass is 243 g/mol. The molecule has 1 saturated heterocycles. The van der Waals surface area contributed by atoms with Crippen LogP contribution in [0.25, 0.3) is 0 Å². The van der Waals surface area contributed by atoms with E-state index >= 15 is 0 Å². The lowest BCUT2D eigenvalue weighted by molar-refractivity contribution is -0.0102. The molecule has 16 heavy (non-hydrogen) atoms. The minimum Gasteiger partial charge on any atom is -0.382 e. The second-order valence-corrected chi connectivity index (χ2v) is 3.98. The summed E-state index contributed by atoms with van der Waals surface area (Å²) in [6.07, 6.45) is 3.32. The van der Waals surface area contributed by atoms with Gasteiger partial charge in [-0.25, -0.2) is 4.98 Å². The fourth-order valence-corrected chi connectivity index (χ4v) is 1.84. The van der Waals surface area contributed by atoms with Gasteiger partial charge in [-0.05, 0) is 0 Å².